The van der Waals surface area contributed by atoms with Crippen LogP contribution in [0.1, 0.15) is 24.4 Å². The van der Waals surface area contributed by atoms with E-state index in [1.54, 1.807) is 18.2 Å². The number of nitriles is 1. The van der Waals surface area contributed by atoms with Gasteiger partial charge in [0.15, 0.2) is 0 Å². The smallest absolute Gasteiger partial charge is 0.317 e. The first-order valence-electron chi connectivity index (χ1n) is 9.15. The summed E-state index contributed by atoms with van der Waals surface area (Å²) in [6, 6.07) is 13.6. The van der Waals surface area contributed by atoms with Crippen molar-refractivity contribution in [1.82, 2.24) is 9.13 Å². The van der Waals surface area contributed by atoms with E-state index in [1.165, 1.54) is 28.3 Å². The van der Waals surface area contributed by atoms with Crippen LogP contribution in [-0.4, -0.2) is 22.2 Å². The molecule has 1 fully saturated rings. The second-order valence-corrected chi connectivity index (χ2v) is 7.05. The molecule has 0 bridgehead atoms. The summed E-state index contributed by atoms with van der Waals surface area (Å²) in [5, 5.41) is 8.92. The van der Waals surface area contributed by atoms with Gasteiger partial charge in [-0.15, -0.1) is 0 Å². The first-order valence-corrected chi connectivity index (χ1v) is 9.15. The summed E-state index contributed by atoms with van der Waals surface area (Å²) in [6.45, 7) is 1.45. The van der Waals surface area contributed by atoms with Crippen LogP contribution in [0.25, 0.3) is 11.0 Å². The zero-order valence-corrected chi connectivity index (χ0v) is 15.4. The van der Waals surface area contributed by atoms with Crippen molar-refractivity contribution in [3.05, 3.63) is 74.6 Å². The molecule has 1 aromatic heterocycles. The summed E-state index contributed by atoms with van der Waals surface area (Å²) in [5.41, 5.74) is 1.42. The molecule has 2 heterocycles. The lowest BCUT2D eigenvalue weighted by molar-refractivity contribution is 0.394. The molecule has 1 aliphatic rings. The van der Waals surface area contributed by atoms with E-state index >= 15 is 0 Å². The standard InChI is InChI=1S/C21H19FN4O2/c1-24-19-12-15(22)4-7-18(19)26(21(28)20(24)27)17-8-10-25(11-9-17)16-5-2-14(13-23)3-6-16/h2-7,12,17H,8-11H2,1H3. The lowest BCUT2D eigenvalue weighted by Gasteiger charge is -2.35. The van der Waals surface area contributed by atoms with Crippen molar-refractivity contribution in [3.8, 4) is 6.07 Å². The molecule has 1 saturated heterocycles. The van der Waals surface area contributed by atoms with Crippen LogP contribution in [0.4, 0.5) is 10.1 Å². The lowest BCUT2D eigenvalue weighted by Crippen LogP contribution is -2.44. The SMILES string of the molecule is Cn1c(=O)c(=O)n(C2CCN(c3ccc(C#N)cc3)CC2)c2ccc(F)cc21. The highest BCUT2D eigenvalue weighted by molar-refractivity contribution is 5.75. The van der Waals surface area contributed by atoms with Crippen LogP contribution in [0.5, 0.6) is 0 Å². The van der Waals surface area contributed by atoms with E-state index in [4.69, 9.17) is 5.26 Å². The van der Waals surface area contributed by atoms with E-state index in [-0.39, 0.29) is 6.04 Å². The van der Waals surface area contributed by atoms with Gasteiger partial charge in [0.25, 0.3) is 0 Å². The molecular formula is C21H19FN4O2. The first-order chi connectivity index (χ1) is 13.5. The molecule has 6 nitrogen and oxygen atoms in total. The molecule has 0 unspecified atom stereocenters. The van der Waals surface area contributed by atoms with E-state index in [9.17, 15) is 14.0 Å². The van der Waals surface area contributed by atoms with E-state index in [1.807, 2.05) is 12.1 Å². The maximum absolute atomic E-state index is 13.7. The molecule has 3 aromatic rings. The maximum atomic E-state index is 13.7. The average molecular weight is 378 g/mol. The minimum atomic E-state index is -0.646. The number of aromatic nitrogens is 2. The Morgan fingerprint density at radius 3 is 2.32 bits per heavy atom. The van der Waals surface area contributed by atoms with Gasteiger partial charge in [-0.05, 0) is 55.3 Å². The van der Waals surface area contributed by atoms with Crippen LogP contribution < -0.4 is 16.0 Å². The third-order valence-corrected chi connectivity index (χ3v) is 5.46. The lowest BCUT2D eigenvalue weighted by atomic mass is 10.0. The third kappa shape index (κ3) is 2.97. The molecule has 142 valence electrons. The monoisotopic (exact) mass is 378 g/mol. The number of aryl methyl sites for hydroxylation is 1. The van der Waals surface area contributed by atoms with Crippen LogP contribution in [-0.2, 0) is 7.05 Å². The van der Waals surface area contributed by atoms with E-state index < -0.39 is 16.9 Å². The largest absolute Gasteiger partial charge is 0.371 e. The fourth-order valence-electron chi connectivity index (χ4n) is 3.93. The molecule has 0 radical (unpaired) electrons. The van der Waals surface area contributed by atoms with Crippen molar-refractivity contribution in [2.75, 3.05) is 18.0 Å². The molecule has 0 saturated carbocycles. The Kier molecular flexibility index (Phi) is 4.47. The number of hydrogen-bond donors (Lipinski definition) is 0. The van der Waals surface area contributed by atoms with Gasteiger partial charge in [0.2, 0.25) is 0 Å². The number of hydrogen-bond acceptors (Lipinski definition) is 4. The van der Waals surface area contributed by atoms with Gasteiger partial charge in [-0.2, -0.15) is 5.26 Å². The van der Waals surface area contributed by atoms with Crippen molar-refractivity contribution < 1.29 is 4.39 Å². The molecule has 0 atom stereocenters. The predicted octanol–water partition coefficient (Wildman–Crippen LogP) is 2.55. The highest BCUT2D eigenvalue weighted by atomic mass is 19.1. The average Bonchev–Trinajstić information content (AvgIpc) is 2.73. The molecule has 0 aliphatic carbocycles. The number of halogens is 1. The zero-order chi connectivity index (χ0) is 19.8. The first kappa shape index (κ1) is 18.0. The minimum absolute atomic E-state index is 0.121. The van der Waals surface area contributed by atoms with Crippen molar-refractivity contribution in [3.63, 3.8) is 0 Å². The number of benzene rings is 2. The van der Waals surface area contributed by atoms with E-state index in [0.29, 0.717) is 29.4 Å². The second kappa shape index (κ2) is 6.97. The molecule has 7 heteroatoms. The highest BCUT2D eigenvalue weighted by Gasteiger charge is 2.24. The summed E-state index contributed by atoms with van der Waals surface area (Å²) in [5.74, 6) is -0.441. The highest BCUT2D eigenvalue weighted by Crippen LogP contribution is 2.28. The van der Waals surface area contributed by atoms with Gasteiger partial charge >= 0.3 is 11.1 Å². The van der Waals surface area contributed by atoms with E-state index in [0.717, 1.165) is 18.8 Å². The fraction of sp³-hybridized carbons (Fsp3) is 0.286. The summed E-state index contributed by atoms with van der Waals surface area (Å²) in [7, 11) is 1.49. The predicted molar refractivity (Wildman–Crippen MR) is 105 cm³/mol. The van der Waals surface area contributed by atoms with Crippen molar-refractivity contribution >= 4 is 16.7 Å². The number of rotatable bonds is 2. The molecule has 0 N–H and O–H groups in total. The maximum Gasteiger partial charge on any atom is 0.317 e. The van der Waals surface area contributed by atoms with Crippen molar-refractivity contribution in [2.45, 2.75) is 18.9 Å². The Labute approximate surface area is 160 Å². The topological polar surface area (TPSA) is 71.0 Å². The van der Waals surface area contributed by atoms with Crippen LogP contribution in [0, 0.1) is 17.1 Å². The second-order valence-electron chi connectivity index (χ2n) is 7.05. The third-order valence-electron chi connectivity index (χ3n) is 5.46. The van der Waals surface area contributed by atoms with Gasteiger partial charge in [-0.25, -0.2) is 4.39 Å². The Hall–Kier alpha value is -3.40. The molecule has 0 spiro atoms. The quantitative estimate of drug-likeness (QED) is 0.643. The summed E-state index contributed by atoms with van der Waals surface area (Å²) in [6.07, 6.45) is 1.39. The molecule has 28 heavy (non-hydrogen) atoms. The Balaban J connectivity index is 1.66. The summed E-state index contributed by atoms with van der Waals surface area (Å²) < 4.78 is 16.4. The van der Waals surface area contributed by atoms with Crippen molar-refractivity contribution in [2.24, 2.45) is 7.05 Å². The van der Waals surface area contributed by atoms with Gasteiger partial charge in [0.05, 0.1) is 22.7 Å². The zero-order valence-electron chi connectivity index (χ0n) is 15.4. The van der Waals surface area contributed by atoms with Crippen LogP contribution in [0.3, 0.4) is 0 Å². The Morgan fingerprint density at radius 1 is 1.00 bits per heavy atom. The van der Waals surface area contributed by atoms with Gasteiger partial charge < -0.3 is 9.47 Å². The molecule has 4 rings (SSSR count). The minimum Gasteiger partial charge on any atom is -0.371 e. The van der Waals surface area contributed by atoms with Gasteiger partial charge in [0.1, 0.15) is 5.82 Å². The Bertz CT molecular complexity index is 1200. The molecule has 0 amide bonds. The van der Waals surface area contributed by atoms with Crippen LogP contribution in [0.2, 0.25) is 0 Å². The van der Waals surface area contributed by atoms with Gasteiger partial charge in [-0.1, -0.05) is 0 Å². The number of nitrogens with zero attached hydrogens (tertiary/aromatic N) is 4. The normalized spacial score (nSPS) is 15.0. The number of fused-ring (bicyclic) bond motifs is 1. The van der Waals surface area contributed by atoms with Gasteiger partial charge in [0, 0.05) is 31.9 Å². The van der Waals surface area contributed by atoms with E-state index in [2.05, 4.69) is 11.0 Å². The van der Waals surface area contributed by atoms with Crippen molar-refractivity contribution in [1.29, 1.82) is 5.26 Å². The molecule has 1 aliphatic heterocycles. The van der Waals surface area contributed by atoms with Crippen LogP contribution >= 0.6 is 0 Å². The Morgan fingerprint density at radius 2 is 1.68 bits per heavy atom. The molecule has 2 aromatic carbocycles. The number of piperidine rings is 1. The molecular weight excluding hydrogens is 359 g/mol. The fourth-order valence-corrected chi connectivity index (χ4v) is 3.93. The summed E-state index contributed by atoms with van der Waals surface area (Å²) in [4.78, 5) is 27.3. The van der Waals surface area contributed by atoms with Crippen LogP contribution in [0.15, 0.2) is 52.1 Å². The number of anilines is 1. The summed E-state index contributed by atoms with van der Waals surface area (Å²) >= 11 is 0. The van der Waals surface area contributed by atoms with Gasteiger partial charge in [-0.3, -0.25) is 14.2 Å².